The van der Waals surface area contributed by atoms with Gasteiger partial charge < -0.3 is 10.1 Å². The molecule has 0 saturated heterocycles. The molecule has 1 aliphatic carbocycles. The van der Waals surface area contributed by atoms with E-state index in [1.807, 2.05) is 7.05 Å². The van der Waals surface area contributed by atoms with Crippen LogP contribution in [0, 0.1) is 0 Å². The predicted octanol–water partition coefficient (Wildman–Crippen LogP) is 1.16. The maximum Gasteiger partial charge on any atom is 0.0724 e. The average Bonchev–Trinajstić information content (AvgIpc) is 2.04. The molecule has 0 heterocycles. The van der Waals surface area contributed by atoms with Gasteiger partial charge >= 0.3 is 0 Å². The van der Waals surface area contributed by atoms with Crippen molar-refractivity contribution in [3.05, 3.63) is 0 Å². The highest BCUT2D eigenvalue weighted by Gasteiger charge is 2.22. The third-order valence-corrected chi connectivity index (χ3v) is 2.38. The number of nitrogens with one attached hydrogen (secondary N) is 1. The summed E-state index contributed by atoms with van der Waals surface area (Å²) in [5, 5.41) is 3.28. The Hall–Kier alpha value is -0.0800. The summed E-state index contributed by atoms with van der Waals surface area (Å²) < 4.78 is 5.33. The molecule has 0 bridgehead atoms. The molecule has 0 spiro atoms. The van der Waals surface area contributed by atoms with Crippen LogP contribution in [0.4, 0.5) is 0 Å². The van der Waals surface area contributed by atoms with E-state index in [2.05, 4.69) is 5.32 Å². The van der Waals surface area contributed by atoms with Crippen molar-refractivity contribution in [3.8, 4) is 0 Å². The van der Waals surface area contributed by atoms with Gasteiger partial charge in [-0.1, -0.05) is 12.8 Å². The van der Waals surface area contributed by atoms with Crippen LogP contribution in [0.3, 0.4) is 0 Å². The topological polar surface area (TPSA) is 21.3 Å². The minimum Gasteiger partial charge on any atom is -0.380 e. The molecule has 2 nitrogen and oxygen atoms in total. The highest BCUT2D eigenvalue weighted by atomic mass is 16.5. The molecule has 2 heteroatoms. The molecule has 0 aromatic rings. The Kier molecular flexibility index (Phi) is 3.16. The van der Waals surface area contributed by atoms with Crippen molar-refractivity contribution < 1.29 is 4.74 Å². The average molecular weight is 143 g/mol. The van der Waals surface area contributed by atoms with E-state index in [1.54, 1.807) is 7.11 Å². The second-order valence-electron chi connectivity index (χ2n) is 2.95. The lowest BCUT2D eigenvalue weighted by atomic mass is 9.93. The number of ether oxygens (including phenoxy) is 1. The molecule has 0 amide bonds. The van der Waals surface area contributed by atoms with Gasteiger partial charge in [-0.3, -0.25) is 0 Å². The second-order valence-corrected chi connectivity index (χ2v) is 2.95. The number of rotatable bonds is 2. The van der Waals surface area contributed by atoms with Gasteiger partial charge in [0, 0.05) is 13.2 Å². The summed E-state index contributed by atoms with van der Waals surface area (Å²) in [4.78, 5) is 0. The van der Waals surface area contributed by atoms with Crippen molar-refractivity contribution in [1.29, 1.82) is 0 Å². The summed E-state index contributed by atoms with van der Waals surface area (Å²) in [5.74, 6) is 0. The van der Waals surface area contributed by atoms with Gasteiger partial charge in [-0.15, -0.1) is 0 Å². The molecule has 0 aliphatic heterocycles. The first-order valence-electron chi connectivity index (χ1n) is 4.08. The van der Waals surface area contributed by atoms with Gasteiger partial charge in [-0.2, -0.15) is 0 Å². The number of hydrogen-bond acceptors (Lipinski definition) is 2. The number of hydrogen-bond donors (Lipinski definition) is 1. The smallest absolute Gasteiger partial charge is 0.0724 e. The highest BCUT2D eigenvalue weighted by molar-refractivity contribution is 4.79. The maximum absolute atomic E-state index is 5.33. The molecular formula is C8H17NO. The minimum atomic E-state index is 0.457. The summed E-state index contributed by atoms with van der Waals surface area (Å²) in [7, 11) is 3.82. The van der Waals surface area contributed by atoms with Gasteiger partial charge in [0.05, 0.1) is 6.10 Å². The molecule has 2 unspecified atom stereocenters. The molecule has 1 rings (SSSR count). The molecule has 2 atom stereocenters. The second kappa shape index (κ2) is 3.94. The maximum atomic E-state index is 5.33. The largest absolute Gasteiger partial charge is 0.380 e. The lowest BCUT2D eigenvalue weighted by Gasteiger charge is -2.29. The zero-order valence-corrected chi connectivity index (χ0v) is 6.89. The van der Waals surface area contributed by atoms with Crippen LogP contribution in [0.15, 0.2) is 0 Å². The zero-order valence-electron chi connectivity index (χ0n) is 6.89. The Morgan fingerprint density at radius 1 is 1.30 bits per heavy atom. The number of likely N-dealkylation sites (N-methyl/N-ethyl adjacent to an activating group) is 1. The van der Waals surface area contributed by atoms with Crippen molar-refractivity contribution in [2.24, 2.45) is 0 Å². The van der Waals surface area contributed by atoms with Crippen LogP contribution in [0.2, 0.25) is 0 Å². The van der Waals surface area contributed by atoms with E-state index in [1.165, 1.54) is 25.7 Å². The van der Waals surface area contributed by atoms with Gasteiger partial charge in [0.1, 0.15) is 0 Å². The van der Waals surface area contributed by atoms with Gasteiger partial charge in [0.25, 0.3) is 0 Å². The quantitative estimate of drug-likeness (QED) is 0.626. The van der Waals surface area contributed by atoms with Gasteiger partial charge in [-0.25, -0.2) is 0 Å². The fourth-order valence-electron chi connectivity index (χ4n) is 1.71. The summed E-state index contributed by atoms with van der Waals surface area (Å²) >= 11 is 0. The van der Waals surface area contributed by atoms with E-state index in [9.17, 15) is 0 Å². The molecule has 10 heavy (non-hydrogen) atoms. The van der Waals surface area contributed by atoms with Crippen LogP contribution in [0.1, 0.15) is 25.7 Å². The van der Waals surface area contributed by atoms with E-state index in [0.717, 1.165) is 0 Å². The normalized spacial score (nSPS) is 34.2. The Balaban J connectivity index is 2.34. The first kappa shape index (κ1) is 8.02. The van der Waals surface area contributed by atoms with Gasteiger partial charge in [-0.05, 0) is 19.9 Å². The Morgan fingerprint density at radius 3 is 2.50 bits per heavy atom. The molecule has 1 aliphatic rings. The molecule has 0 radical (unpaired) electrons. The summed E-state index contributed by atoms with van der Waals surface area (Å²) in [6.45, 7) is 0. The lowest BCUT2D eigenvalue weighted by Crippen LogP contribution is -2.41. The first-order chi connectivity index (χ1) is 4.88. The molecule has 1 saturated carbocycles. The van der Waals surface area contributed by atoms with Crippen LogP contribution >= 0.6 is 0 Å². The highest BCUT2D eigenvalue weighted by Crippen LogP contribution is 2.19. The van der Waals surface area contributed by atoms with E-state index in [0.29, 0.717) is 12.1 Å². The summed E-state index contributed by atoms with van der Waals surface area (Å²) in [6, 6.07) is 0.596. The monoisotopic (exact) mass is 143 g/mol. The van der Waals surface area contributed by atoms with Crippen LogP contribution in [0.25, 0.3) is 0 Å². The molecular weight excluding hydrogens is 126 g/mol. The van der Waals surface area contributed by atoms with Gasteiger partial charge in [0.15, 0.2) is 0 Å². The van der Waals surface area contributed by atoms with E-state index in [-0.39, 0.29) is 0 Å². The lowest BCUT2D eigenvalue weighted by molar-refractivity contribution is 0.0445. The molecule has 60 valence electrons. The van der Waals surface area contributed by atoms with E-state index < -0.39 is 0 Å². The van der Waals surface area contributed by atoms with Crippen molar-refractivity contribution in [2.45, 2.75) is 37.8 Å². The Labute approximate surface area is 63.0 Å². The zero-order chi connectivity index (χ0) is 7.40. The van der Waals surface area contributed by atoms with Crippen molar-refractivity contribution >= 4 is 0 Å². The summed E-state index contributed by atoms with van der Waals surface area (Å²) in [5.41, 5.74) is 0. The molecule has 1 N–H and O–H groups in total. The van der Waals surface area contributed by atoms with Crippen molar-refractivity contribution in [1.82, 2.24) is 5.32 Å². The van der Waals surface area contributed by atoms with Crippen molar-refractivity contribution in [2.75, 3.05) is 14.2 Å². The third-order valence-electron chi connectivity index (χ3n) is 2.38. The van der Waals surface area contributed by atoms with E-state index in [4.69, 9.17) is 4.74 Å². The van der Waals surface area contributed by atoms with Crippen LogP contribution in [0.5, 0.6) is 0 Å². The fraction of sp³-hybridized carbons (Fsp3) is 1.00. The Morgan fingerprint density at radius 2 is 2.00 bits per heavy atom. The van der Waals surface area contributed by atoms with Crippen molar-refractivity contribution in [3.63, 3.8) is 0 Å². The molecule has 1 fully saturated rings. The third kappa shape index (κ3) is 1.70. The molecule has 0 aromatic heterocycles. The molecule has 0 aromatic carbocycles. The fourth-order valence-corrected chi connectivity index (χ4v) is 1.71. The number of methoxy groups -OCH3 is 1. The standard InChI is InChI=1S/C8H17NO/c1-9-7-5-3-4-6-8(7)10-2/h7-9H,3-6H2,1-2H3. The SMILES string of the molecule is CNC1CCCCC1OC. The van der Waals surface area contributed by atoms with Crippen LogP contribution < -0.4 is 5.32 Å². The van der Waals surface area contributed by atoms with Crippen LogP contribution in [-0.2, 0) is 4.74 Å². The van der Waals surface area contributed by atoms with Crippen LogP contribution in [-0.4, -0.2) is 26.3 Å². The van der Waals surface area contributed by atoms with E-state index >= 15 is 0 Å². The Bertz CT molecular complexity index is 83.3. The summed E-state index contributed by atoms with van der Waals surface area (Å²) in [6.07, 6.45) is 5.64. The first-order valence-corrected chi connectivity index (χ1v) is 4.08. The predicted molar refractivity (Wildman–Crippen MR) is 42.1 cm³/mol. The minimum absolute atomic E-state index is 0.457. The van der Waals surface area contributed by atoms with Gasteiger partial charge in [0.2, 0.25) is 0 Å².